The summed E-state index contributed by atoms with van der Waals surface area (Å²) in [7, 11) is 0. The summed E-state index contributed by atoms with van der Waals surface area (Å²) in [6, 6.07) is 6.87. The summed E-state index contributed by atoms with van der Waals surface area (Å²) in [5.74, 6) is -0.594. The van der Waals surface area contributed by atoms with E-state index in [2.05, 4.69) is 5.32 Å². The average molecular weight is 249 g/mol. The van der Waals surface area contributed by atoms with Gasteiger partial charge in [0.15, 0.2) is 5.54 Å². The number of hydrogen-bond acceptors (Lipinski definition) is 3. The molecule has 96 valence electrons. The zero-order valence-electron chi connectivity index (χ0n) is 10.3. The number of carbonyl (C=O) groups is 2. The smallest absolute Gasteiger partial charge is 0.334 e. The molecule has 1 heterocycles. The molecular formula is C13H15NO4. The lowest BCUT2D eigenvalue weighted by molar-refractivity contribution is -0.150. The van der Waals surface area contributed by atoms with Crippen molar-refractivity contribution in [1.29, 1.82) is 0 Å². The Balaban J connectivity index is 2.64. The Morgan fingerprint density at radius 2 is 2.11 bits per heavy atom. The molecule has 1 aromatic carbocycles. The lowest BCUT2D eigenvalue weighted by atomic mass is 9.77. The SMILES string of the molecule is CC1(C)CC(NC=O)(C(=O)O)c2ccccc2O1. The van der Waals surface area contributed by atoms with Crippen molar-refractivity contribution in [3.8, 4) is 5.75 Å². The molecule has 1 aliphatic heterocycles. The molecule has 5 nitrogen and oxygen atoms in total. The third-order valence-electron chi connectivity index (χ3n) is 3.09. The monoisotopic (exact) mass is 249 g/mol. The second-order valence-electron chi connectivity index (χ2n) is 5.01. The van der Waals surface area contributed by atoms with Gasteiger partial charge in [-0.3, -0.25) is 4.79 Å². The van der Waals surface area contributed by atoms with Crippen molar-refractivity contribution in [2.75, 3.05) is 0 Å². The van der Waals surface area contributed by atoms with Crippen LogP contribution in [-0.2, 0) is 15.1 Å². The number of benzene rings is 1. The molecule has 1 amide bonds. The van der Waals surface area contributed by atoms with E-state index in [0.717, 1.165) is 0 Å². The minimum atomic E-state index is -1.43. The molecule has 0 spiro atoms. The molecule has 0 bridgehead atoms. The van der Waals surface area contributed by atoms with E-state index >= 15 is 0 Å². The first-order valence-electron chi connectivity index (χ1n) is 5.64. The summed E-state index contributed by atoms with van der Waals surface area (Å²) in [6.45, 7) is 3.60. The van der Waals surface area contributed by atoms with Crippen LogP contribution >= 0.6 is 0 Å². The highest BCUT2D eigenvalue weighted by atomic mass is 16.5. The molecule has 1 unspecified atom stereocenters. The van der Waals surface area contributed by atoms with E-state index in [9.17, 15) is 14.7 Å². The summed E-state index contributed by atoms with van der Waals surface area (Å²) < 4.78 is 5.75. The number of para-hydroxylation sites is 1. The Bertz CT molecular complexity index is 498. The first kappa shape index (κ1) is 12.4. The van der Waals surface area contributed by atoms with E-state index in [1.807, 2.05) is 0 Å². The van der Waals surface area contributed by atoms with Crippen molar-refractivity contribution in [3.05, 3.63) is 29.8 Å². The van der Waals surface area contributed by atoms with E-state index in [-0.39, 0.29) is 6.42 Å². The number of fused-ring (bicyclic) bond motifs is 1. The molecule has 5 heteroatoms. The fourth-order valence-electron chi connectivity index (χ4n) is 2.46. The fourth-order valence-corrected chi connectivity index (χ4v) is 2.46. The minimum absolute atomic E-state index is 0.172. The van der Waals surface area contributed by atoms with Crippen molar-refractivity contribution in [3.63, 3.8) is 0 Å². The maximum Gasteiger partial charge on any atom is 0.334 e. The van der Waals surface area contributed by atoms with E-state index in [4.69, 9.17) is 4.74 Å². The molecule has 0 fully saturated rings. The average Bonchev–Trinajstić information content (AvgIpc) is 2.27. The molecule has 1 aromatic rings. The molecule has 0 aromatic heterocycles. The van der Waals surface area contributed by atoms with Crippen LogP contribution < -0.4 is 10.1 Å². The van der Waals surface area contributed by atoms with Crippen molar-refractivity contribution in [2.45, 2.75) is 31.4 Å². The van der Waals surface area contributed by atoms with Gasteiger partial charge in [-0.05, 0) is 19.9 Å². The topological polar surface area (TPSA) is 75.6 Å². The molecular weight excluding hydrogens is 234 g/mol. The van der Waals surface area contributed by atoms with Crippen LogP contribution in [0.3, 0.4) is 0 Å². The minimum Gasteiger partial charge on any atom is -0.487 e. The third kappa shape index (κ3) is 1.81. The second kappa shape index (κ2) is 4.01. The summed E-state index contributed by atoms with van der Waals surface area (Å²) in [5.41, 5.74) is -1.62. The lowest BCUT2D eigenvalue weighted by Gasteiger charge is -2.43. The van der Waals surface area contributed by atoms with Crippen LogP contribution in [0, 0.1) is 0 Å². The van der Waals surface area contributed by atoms with Gasteiger partial charge in [0.1, 0.15) is 11.4 Å². The van der Waals surface area contributed by atoms with Gasteiger partial charge >= 0.3 is 5.97 Å². The van der Waals surface area contributed by atoms with Crippen molar-refractivity contribution in [1.82, 2.24) is 5.32 Å². The Labute approximate surface area is 105 Å². The number of carboxylic acid groups (broad SMARTS) is 1. The lowest BCUT2D eigenvalue weighted by Crippen LogP contribution is -2.56. The van der Waals surface area contributed by atoms with Gasteiger partial charge in [-0.2, -0.15) is 0 Å². The number of amides is 1. The van der Waals surface area contributed by atoms with Gasteiger partial charge in [-0.25, -0.2) is 4.79 Å². The summed E-state index contributed by atoms with van der Waals surface area (Å²) >= 11 is 0. The quantitative estimate of drug-likeness (QED) is 0.791. The van der Waals surface area contributed by atoms with Crippen molar-refractivity contribution < 1.29 is 19.4 Å². The maximum atomic E-state index is 11.6. The van der Waals surface area contributed by atoms with Crippen molar-refractivity contribution in [2.24, 2.45) is 0 Å². The van der Waals surface area contributed by atoms with E-state index < -0.39 is 17.1 Å². The number of ether oxygens (including phenoxy) is 1. The summed E-state index contributed by atoms with van der Waals surface area (Å²) in [4.78, 5) is 22.4. The van der Waals surface area contributed by atoms with Gasteiger partial charge in [-0.15, -0.1) is 0 Å². The molecule has 0 radical (unpaired) electrons. The van der Waals surface area contributed by atoms with E-state index in [1.54, 1.807) is 38.1 Å². The predicted molar refractivity (Wildman–Crippen MR) is 64.3 cm³/mol. The Hall–Kier alpha value is -2.04. The fraction of sp³-hybridized carbons (Fsp3) is 0.385. The Kier molecular flexibility index (Phi) is 2.77. The predicted octanol–water partition coefficient (Wildman–Crippen LogP) is 1.27. The van der Waals surface area contributed by atoms with Gasteiger partial charge < -0.3 is 15.2 Å². The zero-order valence-corrected chi connectivity index (χ0v) is 10.3. The number of rotatable bonds is 3. The van der Waals surface area contributed by atoms with Crippen LogP contribution in [0.15, 0.2) is 24.3 Å². The summed E-state index contributed by atoms with van der Waals surface area (Å²) in [6.07, 6.45) is 0.595. The number of carboxylic acids is 1. The highest BCUT2D eigenvalue weighted by Gasteiger charge is 2.50. The highest BCUT2D eigenvalue weighted by Crippen LogP contribution is 2.43. The second-order valence-corrected chi connectivity index (χ2v) is 5.01. The van der Waals surface area contributed by atoms with Gasteiger partial charge in [0.05, 0.1) is 0 Å². The normalized spacial score (nSPS) is 24.6. The van der Waals surface area contributed by atoms with Gasteiger partial charge in [0.2, 0.25) is 6.41 Å². The molecule has 1 atom stereocenters. The molecule has 18 heavy (non-hydrogen) atoms. The van der Waals surface area contributed by atoms with Crippen LogP contribution in [0.2, 0.25) is 0 Å². The first-order chi connectivity index (χ1) is 8.41. The van der Waals surface area contributed by atoms with Crippen LogP contribution in [0.25, 0.3) is 0 Å². The molecule has 0 saturated carbocycles. The highest BCUT2D eigenvalue weighted by molar-refractivity contribution is 5.85. The van der Waals surface area contributed by atoms with Gasteiger partial charge in [-0.1, -0.05) is 18.2 Å². The largest absolute Gasteiger partial charge is 0.487 e. The van der Waals surface area contributed by atoms with E-state index in [1.165, 1.54) is 0 Å². The molecule has 1 aliphatic rings. The van der Waals surface area contributed by atoms with Crippen LogP contribution in [0.5, 0.6) is 5.75 Å². The summed E-state index contributed by atoms with van der Waals surface area (Å²) in [5, 5.41) is 12.0. The van der Waals surface area contributed by atoms with Gasteiger partial charge in [0, 0.05) is 12.0 Å². The van der Waals surface area contributed by atoms with Crippen LogP contribution in [0.1, 0.15) is 25.8 Å². The third-order valence-corrected chi connectivity index (χ3v) is 3.09. The van der Waals surface area contributed by atoms with Crippen LogP contribution in [0.4, 0.5) is 0 Å². The zero-order chi connectivity index (χ0) is 13.4. The maximum absolute atomic E-state index is 11.6. The van der Waals surface area contributed by atoms with Crippen molar-refractivity contribution >= 4 is 12.4 Å². The number of aliphatic carboxylic acids is 1. The number of carbonyl (C=O) groups excluding carboxylic acids is 1. The molecule has 0 aliphatic carbocycles. The standard InChI is InChI=1S/C13H15NO4/c1-12(2)7-13(11(16)17,14-8-15)9-5-3-4-6-10(9)18-12/h3-6,8H,7H2,1-2H3,(H,14,15)(H,16,17). The Morgan fingerprint density at radius 3 is 2.72 bits per heavy atom. The first-order valence-corrected chi connectivity index (χ1v) is 5.64. The van der Waals surface area contributed by atoms with Crippen LogP contribution in [-0.4, -0.2) is 23.1 Å². The van der Waals surface area contributed by atoms with E-state index in [0.29, 0.717) is 17.7 Å². The van der Waals surface area contributed by atoms with Gasteiger partial charge in [0.25, 0.3) is 0 Å². The molecule has 2 rings (SSSR count). The number of nitrogens with one attached hydrogen (secondary N) is 1. The molecule has 0 saturated heterocycles. The number of hydrogen-bond donors (Lipinski definition) is 2. The Morgan fingerprint density at radius 1 is 1.44 bits per heavy atom. The molecule has 2 N–H and O–H groups in total.